The lowest BCUT2D eigenvalue weighted by atomic mass is 10.1. The minimum atomic E-state index is -0.351. The molecule has 0 aliphatic rings. The van der Waals surface area contributed by atoms with E-state index in [1.165, 1.54) is 4.90 Å². The molecule has 1 heterocycles. The lowest BCUT2D eigenvalue weighted by Crippen LogP contribution is -2.44. The Morgan fingerprint density at radius 2 is 1.74 bits per heavy atom. The Morgan fingerprint density at radius 1 is 0.949 bits per heavy atom. The third-order valence-corrected chi connectivity index (χ3v) is 7.25. The number of hydrogen-bond acceptors (Lipinski definition) is 5. The van der Waals surface area contributed by atoms with Gasteiger partial charge in [0.25, 0.3) is 0 Å². The van der Waals surface area contributed by atoms with Gasteiger partial charge in [0.15, 0.2) is 11.5 Å². The molecule has 0 spiro atoms. The maximum Gasteiger partial charge on any atom is 0.322 e. The van der Waals surface area contributed by atoms with E-state index in [4.69, 9.17) is 9.47 Å². The van der Waals surface area contributed by atoms with E-state index in [0.717, 1.165) is 21.2 Å². The minimum absolute atomic E-state index is 0.0695. The van der Waals surface area contributed by atoms with Crippen LogP contribution >= 0.6 is 11.3 Å². The van der Waals surface area contributed by atoms with Crippen LogP contribution in [0.25, 0.3) is 10.8 Å². The maximum atomic E-state index is 13.6. The van der Waals surface area contributed by atoms with E-state index in [0.29, 0.717) is 36.7 Å². The zero-order chi connectivity index (χ0) is 27.6. The highest BCUT2D eigenvalue weighted by molar-refractivity contribution is 7.09. The highest BCUT2D eigenvalue weighted by Crippen LogP contribution is 2.28. The number of rotatable bonds is 12. The molecule has 7 nitrogen and oxygen atoms in total. The molecule has 0 radical (unpaired) electrons. The summed E-state index contributed by atoms with van der Waals surface area (Å²) in [5.74, 6) is 1.16. The van der Waals surface area contributed by atoms with Gasteiger partial charge in [-0.3, -0.25) is 4.79 Å². The van der Waals surface area contributed by atoms with Gasteiger partial charge >= 0.3 is 6.03 Å². The van der Waals surface area contributed by atoms with E-state index in [-0.39, 0.29) is 25.0 Å². The number of amides is 3. The number of urea groups is 1. The molecule has 0 bridgehead atoms. The fourth-order valence-electron chi connectivity index (χ4n) is 4.35. The molecule has 0 aliphatic carbocycles. The van der Waals surface area contributed by atoms with E-state index in [2.05, 4.69) is 11.9 Å². The second kappa shape index (κ2) is 13.5. The lowest BCUT2D eigenvalue weighted by Gasteiger charge is -2.27. The van der Waals surface area contributed by atoms with Crippen molar-refractivity contribution in [3.05, 3.63) is 101 Å². The Kier molecular flexibility index (Phi) is 9.58. The molecule has 39 heavy (non-hydrogen) atoms. The van der Waals surface area contributed by atoms with Crippen molar-refractivity contribution in [1.82, 2.24) is 9.80 Å². The van der Waals surface area contributed by atoms with Gasteiger partial charge in [-0.15, -0.1) is 17.9 Å². The van der Waals surface area contributed by atoms with Gasteiger partial charge in [-0.05, 0) is 47.0 Å². The zero-order valence-corrected chi connectivity index (χ0v) is 23.1. The molecule has 0 saturated carbocycles. The molecule has 4 aromatic rings. The Balaban J connectivity index is 1.49. The summed E-state index contributed by atoms with van der Waals surface area (Å²) in [6.07, 6.45) is 2.25. The molecule has 1 N–H and O–H groups in total. The number of nitrogens with zero attached hydrogens (tertiary/aromatic N) is 2. The first kappa shape index (κ1) is 27.7. The third kappa shape index (κ3) is 7.18. The van der Waals surface area contributed by atoms with Crippen molar-refractivity contribution in [3.8, 4) is 11.5 Å². The van der Waals surface area contributed by atoms with Crippen molar-refractivity contribution in [1.29, 1.82) is 0 Å². The number of anilines is 1. The van der Waals surface area contributed by atoms with Crippen LogP contribution < -0.4 is 14.8 Å². The molecule has 8 heteroatoms. The first-order chi connectivity index (χ1) is 19.0. The molecule has 0 fully saturated rings. The van der Waals surface area contributed by atoms with Gasteiger partial charge in [0.2, 0.25) is 5.91 Å². The fourth-order valence-corrected chi connectivity index (χ4v) is 5.07. The normalized spacial score (nSPS) is 10.6. The predicted molar refractivity (Wildman–Crippen MR) is 158 cm³/mol. The fraction of sp³-hybridized carbons (Fsp3) is 0.226. The molecule has 0 aliphatic heterocycles. The average Bonchev–Trinajstić information content (AvgIpc) is 3.48. The zero-order valence-electron chi connectivity index (χ0n) is 22.3. The Bertz CT molecular complexity index is 1420. The highest BCUT2D eigenvalue weighted by atomic mass is 32.1. The molecule has 4 rings (SSSR count). The average molecular weight is 544 g/mol. The smallest absolute Gasteiger partial charge is 0.322 e. The van der Waals surface area contributed by atoms with E-state index < -0.39 is 0 Å². The number of ether oxygens (including phenoxy) is 2. The molecule has 1 aromatic heterocycles. The number of carbonyl (C=O) groups is 2. The Morgan fingerprint density at radius 3 is 2.49 bits per heavy atom. The van der Waals surface area contributed by atoms with Crippen LogP contribution in [0.1, 0.15) is 10.4 Å². The second-order valence-corrected chi connectivity index (χ2v) is 9.99. The molecular weight excluding hydrogens is 510 g/mol. The Hall–Kier alpha value is -4.30. The van der Waals surface area contributed by atoms with Crippen molar-refractivity contribution >= 4 is 39.7 Å². The summed E-state index contributed by atoms with van der Waals surface area (Å²) >= 11 is 1.60. The molecule has 0 unspecified atom stereocenters. The summed E-state index contributed by atoms with van der Waals surface area (Å²) in [6, 6.07) is 23.0. The lowest BCUT2D eigenvalue weighted by molar-refractivity contribution is -0.132. The molecular formula is C31H33N3O4S. The van der Waals surface area contributed by atoms with Crippen LogP contribution in [0.2, 0.25) is 0 Å². The third-order valence-electron chi connectivity index (χ3n) is 6.39. The van der Waals surface area contributed by atoms with Crippen LogP contribution in [-0.4, -0.2) is 55.6 Å². The quantitative estimate of drug-likeness (QED) is 0.216. The molecule has 0 saturated heterocycles. The van der Waals surface area contributed by atoms with Crippen LogP contribution in [0, 0.1) is 0 Å². The molecule has 0 atom stereocenters. The van der Waals surface area contributed by atoms with Gasteiger partial charge in [-0.25, -0.2) is 4.79 Å². The van der Waals surface area contributed by atoms with E-state index in [1.54, 1.807) is 36.5 Å². The summed E-state index contributed by atoms with van der Waals surface area (Å²) in [7, 11) is 3.20. The maximum absolute atomic E-state index is 13.6. The Labute approximate surface area is 233 Å². The molecule has 3 amide bonds. The van der Waals surface area contributed by atoms with Crippen LogP contribution in [0.15, 0.2) is 90.8 Å². The number of nitrogens with one attached hydrogen (secondary N) is 1. The summed E-state index contributed by atoms with van der Waals surface area (Å²) in [5.41, 5.74) is 1.72. The topological polar surface area (TPSA) is 71.1 Å². The van der Waals surface area contributed by atoms with Crippen molar-refractivity contribution in [2.24, 2.45) is 0 Å². The van der Waals surface area contributed by atoms with E-state index >= 15 is 0 Å². The first-order valence-corrected chi connectivity index (χ1v) is 13.6. The molecule has 202 valence electrons. The van der Waals surface area contributed by atoms with Crippen molar-refractivity contribution in [3.63, 3.8) is 0 Å². The summed E-state index contributed by atoms with van der Waals surface area (Å²) in [6.45, 7) is 4.92. The van der Waals surface area contributed by atoms with Gasteiger partial charge in [0, 0.05) is 23.4 Å². The number of hydrogen-bond donors (Lipinski definition) is 1. The largest absolute Gasteiger partial charge is 0.493 e. The second-order valence-electron chi connectivity index (χ2n) is 8.96. The van der Waals surface area contributed by atoms with Crippen molar-refractivity contribution in [2.75, 3.05) is 39.2 Å². The summed E-state index contributed by atoms with van der Waals surface area (Å²) < 4.78 is 10.8. The van der Waals surface area contributed by atoms with Crippen LogP contribution in [-0.2, 0) is 17.8 Å². The first-order valence-electron chi connectivity index (χ1n) is 12.7. The van der Waals surface area contributed by atoms with Crippen LogP contribution in [0.4, 0.5) is 10.5 Å². The molecule has 3 aromatic carbocycles. The highest BCUT2D eigenvalue weighted by Gasteiger charge is 2.22. The number of thiophene rings is 1. The van der Waals surface area contributed by atoms with Crippen LogP contribution in [0.3, 0.4) is 0 Å². The number of fused-ring (bicyclic) bond motifs is 1. The number of benzene rings is 3. The summed E-state index contributed by atoms with van der Waals surface area (Å²) in [5, 5.41) is 6.94. The van der Waals surface area contributed by atoms with Crippen molar-refractivity contribution in [2.45, 2.75) is 13.0 Å². The monoisotopic (exact) mass is 543 g/mol. The van der Waals surface area contributed by atoms with E-state index in [9.17, 15) is 9.59 Å². The van der Waals surface area contributed by atoms with Gasteiger partial charge in [0.05, 0.1) is 26.5 Å². The SMILES string of the molecule is C=CCN(CC(=O)N(CCc1ccc(OC)c(OC)c1)Cc1cccs1)C(=O)Nc1cccc2ccccc12. The standard InChI is InChI=1S/C31H33N3O4S/c1-4-17-34(31(36)32-27-13-7-10-24-9-5-6-12-26(24)27)22-30(35)33(21-25-11-8-19-39-25)18-16-23-14-15-28(37-2)29(20-23)38-3/h4-15,19-20H,1,16-18,21-22H2,2-3H3,(H,32,36). The summed E-state index contributed by atoms with van der Waals surface area (Å²) in [4.78, 5) is 31.3. The van der Waals surface area contributed by atoms with Gasteiger partial charge in [0.1, 0.15) is 6.54 Å². The number of methoxy groups -OCH3 is 2. The minimum Gasteiger partial charge on any atom is -0.493 e. The predicted octanol–water partition coefficient (Wildman–Crippen LogP) is 6.21. The van der Waals surface area contributed by atoms with Crippen LogP contribution in [0.5, 0.6) is 11.5 Å². The van der Waals surface area contributed by atoms with E-state index in [1.807, 2.05) is 78.2 Å². The van der Waals surface area contributed by atoms with Crippen molar-refractivity contribution < 1.29 is 19.1 Å². The van der Waals surface area contributed by atoms with Gasteiger partial charge in [-0.2, -0.15) is 0 Å². The van der Waals surface area contributed by atoms with Gasteiger partial charge < -0.3 is 24.6 Å². The van der Waals surface area contributed by atoms with Gasteiger partial charge in [-0.1, -0.05) is 54.6 Å². The number of carbonyl (C=O) groups excluding carboxylic acids is 2.